The Morgan fingerprint density at radius 2 is 2.08 bits per heavy atom. The number of anilines is 1. The van der Waals surface area contributed by atoms with Gasteiger partial charge in [0.25, 0.3) is 5.91 Å². The van der Waals surface area contributed by atoms with E-state index in [-0.39, 0.29) is 18.6 Å². The zero-order chi connectivity index (χ0) is 17.1. The van der Waals surface area contributed by atoms with Crippen molar-refractivity contribution in [3.8, 4) is 0 Å². The molecule has 3 N–H and O–H groups in total. The van der Waals surface area contributed by atoms with Gasteiger partial charge in [-0.15, -0.1) is 0 Å². The van der Waals surface area contributed by atoms with Crippen molar-refractivity contribution in [1.82, 2.24) is 4.90 Å². The normalized spacial score (nSPS) is 18.9. The Labute approximate surface area is 141 Å². The SMILES string of the molecule is NCC(=CF)CN1CCc2cc(C(=O)N3CCC(O)CC3)ccc21. The van der Waals surface area contributed by atoms with Crippen LogP contribution in [0.3, 0.4) is 0 Å². The molecule has 0 spiro atoms. The summed E-state index contributed by atoms with van der Waals surface area (Å²) in [5.74, 6) is 0.0226. The number of carbonyl (C=O) groups is 1. The predicted molar refractivity (Wildman–Crippen MR) is 91.7 cm³/mol. The van der Waals surface area contributed by atoms with Crippen molar-refractivity contribution in [3.63, 3.8) is 0 Å². The highest BCUT2D eigenvalue weighted by Gasteiger charge is 2.25. The quantitative estimate of drug-likeness (QED) is 0.875. The minimum Gasteiger partial charge on any atom is -0.393 e. The molecule has 5 nitrogen and oxygen atoms in total. The summed E-state index contributed by atoms with van der Waals surface area (Å²) in [5.41, 5.74) is 8.95. The summed E-state index contributed by atoms with van der Waals surface area (Å²) in [7, 11) is 0. The van der Waals surface area contributed by atoms with Gasteiger partial charge in [-0.05, 0) is 48.6 Å². The number of nitrogens with two attached hydrogens (primary N) is 1. The van der Waals surface area contributed by atoms with Gasteiger partial charge in [0, 0.05) is 44.0 Å². The van der Waals surface area contributed by atoms with Gasteiger partial charge in [0.2, 0.25) is 0 Å². The summed E-state index contributed by atoms with van der Waals surface area (Å²) in [4.78, 5) is 16.5. The van der Waals surface area contributed by atoms with Crippen LogP contribution in [0.1, 0.15) is 28.8 Å². The van der Waals surface area contributed by atoms with Crippen molar-refractivity contribution in [3.05, 3.63) is 41.2 Å². The molecular weight excluding hydrogens is 309 g/mol. The molecule has 3 rings (SSSR count). The molecule has 0 bridgehead atoms. The maximum Gasteiger partial charge on any atom is 0.253 e. The smallest absolute Gasteiger partial charge is 0.253 e. The highest BCUT2D eigenvalue weighted by Crippen LogP contribution is 2.30. The third kappa shape index (κ3) is 3.44. The van der Waals surface area contributed by atoms with Gasteiger partial charge in [0.05, 0.1) is 12.4 Å². The monoisotopic (exact) mass is 333 g/mol. The lowest BCUT2D eigenvalue weighted by Gasteiger charge is -2.29. The summed E-state index contributed by atoms with van der Waals surface area (Å²) in [5, 5.41) is 9.56. The molecule has 2 heterocycles. The first-order valence-electron chi connectivity index (χ1n) is 8.45. The van der Waals surface area contributed by atoms with Crippen molar-refractivity contribution in [2.24, 2.45) is 5.73 Å². The van der Waals surface area contributed by atoms with E-state index >= 15 is 0 Å². The number of nitrogens with zero attached hydrogens (tertiary/aromatic N) is 2. The molecule has 0 saturated carbocycles. The first-order chi connectivity index (χ1) is 11.6. The number of piperidine rings is 1. The second kappa shape index (κ2) is 7.32. The molecule has 1 amide bonds. The second-order valence-electron chi connectivity index (χ2n) is 6.51. The number of fused-ring (bicyclic) bond motifs is 1. The lowest BCUT2D eigenvalue weighted by molar-refractivity contribution is 0.0546. The summed E-state index contributed by atoms with van der Waals surface area (Å²) in [6, 6.07) is 5.73. The fourth-order valence-corrected chi connectivity index (χ4v) is 3.41. The van der Waals surface area contributed by atoms with Gasteiger partial charge in [-0.1, -0.05) is 0 Å². The average molecular weight is 333 g/mol. The molecule has 2 aliphatic rings. The van der Waals surface area contributed by atoms with Crippen molar-refractivity contribution in [2.75, 3.05) is 37.6 Å². The topological polar surface area (TPSA) is 69.8 Å². The highest BCUT2D eigenvalue weighted by atomic mass is 19.1. The number of likely N-dealkylation sites (tertiary alicyclic amines) is 1. The first kappa shape index (κ1) is 16.9. The third-order valence-corrected chi connectivity index (χ3v) is 4.88. The van der Waals surface area contributed by atoms with E-state index < -0.39 is 0 Å². The number of carbonyl (C=O) groups excluding carboxylic acids is 1. The summed E-state index contributed by atoms with van der Waals surface area (Å²) >= 11 is 0. The van der Waals surface area contributed by atoms with Gasteiger partial charge >= 0.3 is 0 Å². The maximum absolute atomic E-state index is 12.8. The molecule has 24 heavy (non-hydrogen) atoms. The number of aliphatic hydroxyl groups excluding tert-OH is 1. The van der Waals surface area contributed by atoms with Crippen LogP contribution >= 0.6 is 0 Å². The largest absolute Gasteiger partial charge is 0.393 e. The van der Waals surface area contributed by atoms with Crippen LogP contribution in [0.5, 0.6) is 0 Å². The lowest BCUT2D eigenvalue weighted by Crippen LogP contribution is -2.40. The molecule has 1 fully saturated rings. The molecule has 0 aliphatic carbocycles. The van der Waals surface area contributed by atoms with Crippen LogP contribution in [0.4, 0.5) is 10.1 Å². The van der Waals surface area contributed by atoms with E-state index in [9.17, 15) is 14.3 Å². The summed E-state index contributed by atoms with van der Waals surface area (Å²) < 4.78 is 12.8. The van der Waals surface area contributed by atoms with Crippen LogP contribution in [-0.2, 0) is 6.42 Å². The van der Waals surface area contributed by atoms with E-state index in [1.165, 1.54) is 0 Å². The molecule has 1 saturated heterocycles. The van der Waals surface area contributed by atoms with Crippen molar-refractivity contribution in [2.45, 2.75) is 25.4 Å². The fraction of sp³-hybridized carbons (Fsp3) is 0.500. The highest BCUT2D eigenvalue weighted by molar-refractivity contribution is 5.95. The van der Waals surface area contributed by atoms with Crippen molar-refractivity contribution >= 4 is 11.6 Å². The zero-order valence-electron chi connectivity index (χ0n) is 13.7. The molecule has 130 valence electrons. The number of aliphatic hydroxyl groups is 1. The van der Waals surface area contributed by atoms with Crippen LogP contribution in [0.2, 0.25) is 0 Å². The Bertz CT molecular complexity index is 639. The Hall–Kier alpha value is -1.92. The molecule has 1 aromatic carbocycles. The maximum atomic E-state index is 12.8. The standard InChI is InChI=1S/C18H24FN3O2/c19-10-13(11-20)12-22-6-3-14-9-15(1-2-17(14)22)18(24)21-7-4-16(23)5-8-21/h1-2,9-10,16,23H,3-8,11-12,20H2. The van der Waals surface area contributed by atoms with Gasteiger partial charge in [-0.25, -0.2) is 4.39 Å². The third-order valence-electron chi connectivity index (χ3n) is 4.88. The Kier molecular flexibility index (Phi) is 5.16. The molecule has 0 atom stereocenters. The van der Waals surface area contributed by atoms with E-state index in [0.717, 1.165) is 24.2 Å². The molecule has 6 heteroatoms. The molecule has 0 unspecified atom stereocenters. The molecular formula is C18H24FN3O2. The number of rotatable bonds is 4. The average Bonchev–Trinajstić information content (AvgIpc) is 3.01. The summed E-state index contributed by atoms with van der Waals surface area (Å²) in [6.07, 6.45) is 2.42. The minimum absolute atomic E-state index is 0.0226. The van der Waals surface area contributed by atoms with Crippen LogP contribution in [0, 0.1) is 0 Å². The van der Waals surface area contributed by atoms with Crippen LogP contribution < -0.4 is 10.6 Å². The number of hydrogen-bond acceptors (Lipinski definition) is 4. The van der Waals surface area contributed by atoms with Crippen LogP contribution in [-0.4, -0.2) is 54.7 Å². The molecule has 0 radical (unpaired) electrons. The Morgan fingerprint density at radius 1 is 1.33 bits per heavy atom. The van der Waals surface area contributed by atoms with Gasteiger partial charge in [-0.3, -0.25) is 4.79 Å². The van der Waals surface area contributed by atoms with E-state index in [1.54, 1.807) is 4.90 Å². The van der Waals surface area contributed by atoms with E-state index in [2.05, 4.69) is 4.90 Å². The Balaban J connectivity index is 1.72. The van der Waals surface area contributed by atoms with Gasteiger partial charge < -0.3 is 20.6 Å². The van der Waals surface area contributed by atoms with Gasteiger partial charge in [-0.2, -0.15) is 0 Å². The number of halogens is 1. The van der Waals surface area contributed by atoms with Crippen molar-refractivity contribution < 1.29 is 14.3 Å². The minimum atomic E-state index is -0.289. The second-order valence-corrected chi connectivity index (χ2v) is 6.51. The fourth-order valence-electron chi connectivity index (χ4n) is 3.41. The van der Waals surface area contributed by atoms with Crippen LogP contribution in [0.25, 0.3) is 0 Å². The number of amides is 1. The lowest BCUT2D eigenvalue weighted by atomic mass is 10.0. The molecule has 1 aromatic rings. The number of hydrogen-bond donors (Lipinski definition) is 2. The van der Waals surface area contributed by atoms with Gasteiger partial charge in [0.15, 0.2) is 0 Å². The van der Waals surface area contributed by atoms with Gasteiger partial charge in [0.1, 0.15) is 0 Å². The first-order valence-corrected chi connectivity index (χ1v) is 8.45. The van der Waals surface area contributed by atoms with E-state index in [4.69, 9.17) is 5.73 Å². The van der Waals surface area contributed by atoms with E-state index in [0.29, 0.717) is 49.9 Å². The van der Waals surface area contributed by atoms with Crippen LogP contribution in [0.15, 0.2) is 30.1 Å². The summed E-state index contributed by atoms with van der Waals surface area (Å²) in [6.45, 7) is 2.70. The zero-order valence-corrected chi connectivity index (χ0v) is 13.7. The van der Waals surface area contributed by atoms with Crippen molar-refractivity contribution in [1.29, 1.82) is 0 Å². The molecule has 2 aliphatic heterocycles. The van der Waals surface area contributed by atoms with E-state index in [1.807, 2.05) is 18.2 Å². The number of benzene rings is 1. The predicted octanol–water partition coefficient (Wildman–Crippen LogP) is 1.46. The molecule has 0 aromatic heterocycles. The Morgan fingerprint density at radius 3 is 2.75 bits per heavy atom.